The highest BCUT2D eigenvalue weighted by atomic mass is 15.3. The second-order valence-corrected chi connectivity index (χ2v) is 7.84. The van der Waals surface area contributed by atoms with Crippen molar-refractivity contribution in [2.45, 2.75) is 58.4 Å². The van der Waals surface area contributed by atoms with E-state index in [1.807, 2.05) is 0 Å². The zero-order valence-electron chi connectivity index (χ0n) is 15.2. The SMILES string of the molecule is CC(C)CN1CCC(c2nnc(CN3CCCCC3)n2C)CC1. The average molecular weight is 319 g/mol. The fraction of sp³-hybridized carbons (Fsp3) is 0.889. The van der Waals surface area contributed by atoms with Crippen LogP contribution in [0, 0.1) is 5.92 Å². The van der Waals surface area contributed by atoms with E-state index in [4.69, 9.17) is 0 Å². The molecule has 2 fully saturated rings. The van der Waals surface area contributed by atoms with E-state index in [0.29, 0.717) is 5.92 Å². The molecule has 3 heterocycles. The summed E-state index contributed by atoms with van der Waals surface area (Å²) in [5.74, 6) is 3.70. The second-order valence-electron chi connectivity index (χ2n) is 7.84. The minimum absolute atomic E-state index is 0.589. The topological polar surface area (TPSA) is 37.2 Å². The summed E-state index contributed by atoms with van der Waals surface area (Å²) in [4.78, 5) is 5.13. The van der Waals surface area contributed by atoms with E-state index >= 15 is 0 Å². The lowest BCUT2D eigenvalue weighted by atomic mass is 9.95. The van der Waals surface area contributed by atoms with Gasteiger partial charge in [0.2, 0.25) is 0 Å². The van der Waals surface area contributed by atoms with Gasteiger partial charge in [0.15, 0.2) is 0 Å². The summed E-state index contributed by atoms with van der Waals surface area (Å²) in [6.07, 6.45) is 6.50. The Labute approximate surface area is 141 Å². The molecule has 0 amide bonds. The standard InChI is InChI=1S/C18H33N5/c1-15(2)13-23-11-7-16(8-12-23)18-20-19-17(21(18)3)14-22-9-5-4-6-10-22/h15-16H,4-14H2,1-3H3. The number of hydrogen-bond donors (Lipinski definition) is 0. The number of nitrogens with zero attached hydrogens (tertiary/aromatic N) is 5. The van der Waals surface area contributed by atoms with E-state index in [1.54, 1.807) is 0 Å². The monoisotopic (exact) mass is 319 g/mol. The number of aromatic nitrogens is 3. The molecule has 2 aliphatic heterocycles. The highest BCUT2D eigenvalue weighted by molar-refractivity contribution is 5.03. The van der Waals surface area contributed by atoms with Crippen molar-refractivity contribution in [1.82, 2.24) is 24.6 Å². The molecule has 0 unspecified atom stereocenters. The van der Waals surface area contributed by atoms with Crippen LogP contribution in [0.15, 0.2) is 0 Å². The first kappa shape index (κ1) is 16.9. The van der Waals surface area contributed by atoms with Gasteiger partial charge in [0.1, 0.15) is 11.6 Å². The van der Waals surface area contributed by atoms with Crippen LogP contribution in [0.25, 0.3) is 0 Å². The van der Waals surface area contributed by atoms with Crippen molar-refractivity contribution in [3.63, 3.8) is 0 Å². The smallest absolute Gasteiger partial charge is 0.146 e. The van der Waals surface area contributed by atoms with Crippen LogP contribution in [0.2, 0.25) is 0 Å². The van der Waals surface area contributed by atoms with Crippen LogP contribution in [0.3, 0.4) is 0 Å². The van der Waals surface area contributed by atoms with E-state index in [9.17, 15) is 0 Å². The first-order valence-corrected chi connectivity index (χ1v) is 9.46. The van der Waals surface area contributed by atoms with Crippen molar-refractivity contribution in [1.29, 1.82) is 0 Å². The average Bonchev–Trinajstić information content (AvgIpc) is 2.90. The molecule has 2 saturated heterocycles. The lowest BCUT2D eigenvalue weighted by molar-refractivity contribution is 0.188. The van der Waals surface area contributed by atoms with Gasteiger partial charge in [0, 0.05) is 19.5 Å². The quantitative estimate of drug-likeness (QED) is 0.836. The molecule has 5 heteroatoms. The molecule has 0 spiro atoms. The van der Waals surface area contributed by atoms with Gasteiger partial charge in [-0.25, -0.2) is 0 Å². The molecule has 2 aliphatic rings. The van der Waals surface area contributed by atoms with Crippen LogP contribution < -0.4 is 0 Å². The first-order valence-electron chi connectivity index (χ1n) is 9.46. The molecule has 0 N–H and O–H groups in total. The van der Waals surface area contributed by atoms with Gasteiger partial charge in [-0.15, -0.1) is 10.2 Å². The maximum atomic E-state index is 4.56. The molecule has 1 aromatic heterocycles. The number of likely N-dealkylation sites (tertiary alicyclic amines) is 2. The van der Waals surface area contributed by atoms with E-state index in [-0.39, 0.29) is 0 Å². The number of piperidine rings is 2. The Morgan fingerprint density at radius 1 is 0.957 bits per heavy atom. The predicted molar refractivity (Wildman–Crippen MR) is 93.4 cm³/mol. The van der Waals surface area contributed by atoms with Gasteiger partial charge in [-0.1, -0.05) is 20.3 Å². The predicted octanol–water partition coefficient (Wildman–Crippen LogP) is 2.64. The van der Waals surface area contributed by atoms with Crippen LogP contribution in [-0.4, -0.2) is 57.3 Å². The zero-order chi connectivity index (χ0) is 16.2. The number of rotatable bonds is 5. The van der Waals surface area contributed by atoms with Crippen molar-refractivity contribution >= 4 is 0 Å². The van der Waals surface area contributed by atoms with Gasteiger partial charge < -0.3 is 9.47 Å². The number of hydrogen-bond acceptors (Lipinski definition) is 4. The van der Waals surface area contributed by atoms with Gasteiger partial charge in [-0.2, -0.15) is 0 Å². The Balaban J connectivity index is 1.57. The Morgan fingerprint density at radius 2 is 1.65 bits per heavy atom. The Hall–Kier alpha value is -0.940. The Kier molecular flexibility index (Phi) is 5.70. The molecule has 0 saturated carbocycles. The van der Waals surface area contributed by atoms with E-state index in [2.05, 4.69) is 45.5 Å². The van der Waals surface area contributed by atoms with Gasteiger partial charge in [-0.05, 0) is 57.8 Å². The second kappa shape index (κ2) is 7.75. The third-order valence-electron chi connectivity index (χ3n) is 5.39. The Bertz CT molecular complexity index is 482. The van der Waals surface area contributed by atoms with Crippen LogP contribution in [0.5, 0.6) is 0 Å². The van der Waals surface area contributed by atoms with Crippen LogP contribution >= 0.6 is 0 Å². The minimum Gasteiger partial charge on any atom is -0.317 e. The molecule has 23 heavy (non-hydrogen) atoms. The molecule has 3 rings (SSSR count). The highest BCUT2D eigenvalue weighted by Gasteiger charge is 2.25. The van der Waals surface area contributed by atoms with Crippen LogP contribution in [-0.2, 0) is 13.6 Å². The lowest BCUT2D eigenvalue weighted by Crippen LogP contribution is -2.36. The van der Waals surface area contributed by atoms with E-state index in [0.717, 1.165) is 18.3 Å². The molecule has 1 aromatic rings. The zero-order valence-corrected chi connectivity index (χ0v) is 15.2. The van der Waals surface area contributed by atoms with Crippen molar-refractivity contribution in [3.8, 4) is 0 Å². The maximum Gasteiger partial charge on any atom is 0.146 e. The first-order chi connectivity index (χ1) is 11.1. The summed E-state index contributed by atoms with van der Waals surface area (Å²) < 4.78 is 2.28. The summed E-state index contributed by atoms with van der Waals surface area (Å²) in [5, 5.41) is 9.07. The third kappa shape index (κ3) is 4.32. The normalized spacial score (nSPS) is 22.1. The summed E-state index contributed by atoms with van der Waals surface area (Å²) in [6, 6.07) is 0. The third-order valence-corrected chi connectivity index (χ3v) is 5.39. The van der Waals surface area contributed by atoms with Crippen LogP contribution in [0.1, 0.15) is 63.5 Å². The molecular formula is C18H33N5. The summed E-state index contributed by atoms with van der Waals surface area (Å²) >= 11 is 0. The molecule has 0 bridgehead atoms. The highest BCUT2D eigenvalue weighted by Crippen LogP contribution is 2.27. The fourth-order valence-electron chi connectivity index (χ4n) is 4.08. The van der Waals surface area contributed by atoms with Crippen molar-refractivity contribution in [2.75, 3.05) is 32.7 Å². The summed E-state index contributed by atoms with van der Waals surface area (Å²) in [6.45, 7) is 11.7. The van der Waals surface area contributed by atoms with Crippen molar-refractivity contribution in [3.05, 3.63) is 11.6 Å². The van der Waals surface area contributed by atoms with Gasteiger partial charge in [-0.3, -0.25) is 4.90 Å². The molecule has 5 nitrogen and oxygen atoms in total. The molecule has 0 aromatic carbocycles. The lowest BCUT2D eigenvalue weighted by Gasteiger charge is -2.32. The van der Waals surface area contributed by atoms with E-state index < -0.39 is 0 Å². The van der Waals surface area contributed by atoms with E-state index in [1.165, 1.54) is 70.7 Å². The largest absolute Gasteiger partial charge is 0.317 e. The van der Waals surface area contributed by atoms with Gasteiger partial charge in [0.05, 0.1) is 6.54 Å². The molecule has 130 valence electrons. The summed E-state index contributed by atoms with van der Waals surface area (Å²) in [7, 11) is 2.16. The molecular weight excluding hydrogens is 286 g/mol. The minimum atomic E-state index is 0.589. The van der Waals surface area contributed by atoms with Gasteiger partial charge >= 0.3 is 0 Å². The fourth-order valence-corrected chi connectivity index (χ4v) is 4.08. The molecule has 0 radical (unpaired) electrons. The van der Waals surface area contributed by atoms with Crippen molar-refractivity contribution in [2.24, 2.45) is 13.0 Å². The maximum absolute atomic E-state index is 4.56. The summed E-state index contributed by atoms with van der Waals surface area (Å²) in [5.41, 5.74) is 0. The molecule has 0 aliphatic carbocycles. The van der Waals surface area contributed by atoms with Gasteiger partial charge in [0.25, 0.3) is 0 Å². The van der Waals surface area contributed by atoms with Crippen molar-refractivity contribution < 1.29 is 0 Å². The molecule has 0 atom stereocenters. The Morgan fingerprint density at radius 3 is 2.30 bits per heavy atom. The van der Waals surface area contributed by atoms with Crippen LogP contribution in [0.4, 0.5) is 0 Å².